The summed E-state index contributed by atoms with van der Waals surface area (Å²) in [6.07, 6.45) is 14.2. The van der Waals surface area contributed by atoms with Gasteiger partial charge in [-0.15, -0.1) is 0 Å². The molecule has 2 rings (SSSR count). The summed E-state index contributed by atoms with van der Waals surface area (Å²) in [5.74, 6) is 0.0623. The van der Waals surface area contributed by atoms with Crippen molar-refractivity contribution < 1.29 is 4.79 Å². The molecule has 2 N–H and O–H groups in total. The Labute approximate surface area is 154 Å². The molecule has 25 heavy (non-hydrogen) atoms. The normalized spacial score (nSPS) is 17.4. The minimum Gasteiger partial charge on any atom is -0.348 e. The Morgan fingerprint density at radius 1 is 1.04 bits per heavy atom. The number of carbonyl (C=O) groups is 1. The van der Waals surface area contributed by atoms with E-state index >= 15 is 0 Å². The first-order chi connectivity index (χ1) is 12.3. The van der Waals surface area contributed by atoms with Crippen LogP contribution in [0.3, 0.4) is 0 Å². The molecule has 1 saturated heterocycles. The minimum atomic E-state index is 0.0623. The van der Waals surface area contributed by atoms with Gasteiger partial charge in [-0.1, -0.05) is 64.0 Å². The van der Waals surface area contributed by atoms with Gasteiger partial charge in [0.15, 0.2) is 0 Å². The van der Waals surface area contributed by atoms with Crippen LogP contribution in [0.25, 0.3) is 0 Å². The first kappa shape index (κ1) is 20.0. The Morgan fingerprint density at radius 2 is 1.72 bits per heavy atom. The fourth-order valence-corrected chi connectivity index (χ4v) is 3.53. The number of hydrogen-bond acceptors (Lipinski definition) is 2. The van der Waals surface area contributed by atoms with Gasteiger partial charge >= 0.3 is 0 Å². The number of unbranched alkanes of at least 4 members (excludes halogenated alkanes) is 7. The molecule has 3 nitrogen and oxygen atoms in total. The zero-order valence-corrected chi connectivity index (χ0v) is 16.0. The van der Waals surface area contributed by atoms with Crippen molar-refractivity contribution >= 4 is 5.91 Å². The Bertz CT molecular complexity index is 477. The SMILES string of the molecule is CCCCCCCCCCc1ccc(C(=O)N[C@@H]2CCCNC2)cc1. The molecule has 1 aromatic carbocycles. The van der Waals surface area contributed by atoms with Gasteiger partial charge in [-0.3, -0.25) is 4.79 Å². The number of hydrogen-bond donors (Lipinski definition) is 2. The molecule has 1 amide bonds. The standard InChI is InChI=1S/C22H36N2O/c1-2-3-4-5-6-7-8-9-11-19-13-15-20(16-14-19)22(25)24-21-12-10-17-23-18-21/h13-16,21,23H,2-12,17-18H2,1H3,(H,24,25)/t21-/m1/s1. The lowest BCUT2D eigenvalue weighted by Gasteiger charge is -2.23. The summed E-state index contributed by atoms with van der Waals surface area (Å²) in [5, 5.41) is 6.47. The summed E-state index contributed by atoms with van der Waals surface area (Å²) in [6.45, 7) is 4.23. The number of nitrogens with one attached hydrogen (secondary N) is 2. The van der Waals surface area contributed by atoms with Gasteiger partial charge < -0.3 is 10.6 Å². The molecule has 1 atom stereocenters. The molecule has 0 unspecified atom stereocenters. The average Bonchev–Trinajstić information content (AvgIpc) is 2.65. The number of piperidine rings is 1. The third kappa shape index (κ3) is 8.04. The fourth-order valence-electron chi connectivity index (χ4n) is 3.53. The van der Waals surface area contributed by atoms with E-state index < -0.39 is 0 Å². The lowest BCUT2D eigenvalue weighted by Crippen LogP contribution is -2.45. The van der Waals surface area contributed by atoms with Crippen LogP contribution in [0.2, 0.25) is 0 Å². The second kappa shape index (κ2) is 12.1. The summed E-state index contributed by atoms with van der Waals surface area (Å²) in [7, 11) is 0. The second-order valence-corrected chi connectivity index (χ2v) is 7.44. The first-order valence-electron chi connectivity index (χ1n) is 10.4. The van der Waals surface area contributed by atoms with E-state index in [1.54, 1.807) is 0 Å². The molecule has 0 bridgehead atoms. The number of amides is 1. The van der Waals surface area contributed by atoms with Gasteiger partial charge in [-0.25, -0.2) is 0 Å². The Hall–Kier alpha value is -1.35. The predicted octanol–water partition coefficient (Wildman–Crippen LogP) is 4.85. The third-order valence-corrected chi connectivity index (χ3v) is 5.17. The Balaban J connectivity index is 1.61. The highest BCUT2D eigenvalue weighted by molar-refractivity contribution is 5.94. The molecule has 3 heteroatoms. The van der Waals surface area contributed by atoms with E-state index in [0.717, 1.165) is 37.9 Å². The van der Waals surface area contributed by atoms with Crippen molar-refractivity contribution in [1.82, 2.24) is 10.6 Å². The highest BCUT2D eigenvalue weighted by atomic mass is 16.1. The van der Waals surface area contributed by atoms with E-state index in [0.29, 0.717) is 0 Å². The molecule has 0 saturated carbocycles. The molecule has 0 radical (unpaired) electrons. The van der Waals surface area contributed by atoms with Crippen LogP contribution in [0.4, 0.5) is 0 Å². The number of rotatable bonds is 11. The van der Waals surface area contributed by atoms with Crippen molar-refractivity contribution in [2.45, 2.75) is 83.6 Å². The summed E-state index contributed by atoms with van der Waals surface area (Å²) >= 11 is 0. The molecule has 1 fully saturated rings. The van der Waals surface area contributed by atoms with Crippen molar-refractivity contribution in [1.29, 1.82) is 0 Å². The van der Waals surface area contributed by atoms with Crippen molar-refractivity contribution in [2.24, 2.45) is 0 Å². The van der Waals surface area contributed by atoms with Crippen molar-refractivity contribution in [3.8, 4) is 0 Å². The van der Waals surface area contributed by atoms with Crippen LogP contribution in [-0.2, 0) is 6.42 Å². The monoisotopic (exact) mass is 344 g/mol. The molecule has 1 aliphatic rings. The van der Waals surface area contributed by atoms with Crippen LogP contribution in [0.15, 0.2) is 24.3 Å². The van der Waals surface area contributed by atoms with E-state index in [2.05, 4.69) is 29.7 Å². The van der Waals surface area contributed by atoms with Gasteiger partial charge in [0.25, 0.3) is 5.91 Å². The largest absolute Gasteiger partial charge is 0.348 e. The quantitative estimate of drug-likeness (QED) is 0.563. The van der Waals surface area contributed by atoms with Crippen molar-refractivity contribution in [3.63, 3.8) is 0 Å². The highest BCUT2D eigenvalue weighted by Gasteiger charge is 2.16. The average molecular weight is 345 g/mol. The van der Waals surface area contributed by atoms with Crippen LogP contribution >= 0.6 is 0 Å². The summed E-state index contributed by atoms with van der Waals surface area (Å²) in [4.78, 5) is 12.3. The maximum atomic E-state index is 12.3. The summed E-state index contributed by atoms with van der Waals surface area (Å²) in [6, 6.07) is 8.47. The van der Waals surface area contributed by atoms with Crippen LogP contribution in [-0.4, -0.2) is 25.0 Å². The summed E-state index contributed by atoms with van der Waals surface area (Å²) in [5.41, 5.74) is 2.13. The maximum Gasteiger partial charge on any atom is 0.251 e. The van der Waals surface area contributed by atoms with Crippen LogP contribution < -0.4 is 10.6 Å². The predicted molar refractivity (Wildman–Crippen MR) is 106 cm³/mol. The van der Waals surface area contributed by atoms with Gasteiger partial charge in [0.05, 0.1) is 0 Å². The fraction of sp³-hybridized carbons (Fsp3) is 0.682. The highest BCUT2D eigenvalue weighted by Crippen LogP contribution is 2.12. The minimum absolute atomic E-state index is 0.0623. The van der Waals surface area contributed by atoms with Crippen LogP contribution in [0.1, 0.15) is 87.1 Å². The van der Waals surface area contributed by atoms with Gasteiger partial charge in [0.1, 0.15) is 0 Å². The molecule has 1 aromatic rings. The van der Waals surface area contributed by atoms with Crippen LogP contribution in [0.5, 0.6) is 0 Å². The van der Waals surface area contributed by atoms with E-state index in [-0.39, 0.29) is 11.9 Å². The third-order valence-electron chi connectivity index (χ3n) is 5.17. The van der Waals surface area contributed by atoms with E-state index in [1.807, 2.05) is 12.1 Å². The van der Waals surface area contributed by atoms with E-state index in [4.69, 9.17) is 0 Å². The molecular weight excluding hydrogens is 308 g/mol. The topological polar surface area (TPSA) is 41.1 Å². The molecule has 140 valence electrons. The van der Waals surface area contributed by atoms with Crippen LogP contribution in [0, 0.1) is 0 Å². The first-order valence-corrected chi connectivity index (χ1v) is 10.4. The molecular formula is C22H36N2O. The summed E-state index contributed by atoms with van der Waals surface area (Å²) < 4.78 is 0. The van der Waals surface area contributed by atoms with Gasteiger partial charge in [-0.05, 0) is 49.9 Å². The molecule has 0 aromatic heterocycles. The Kier molecular flexibility index (Phi) is 9.65. The maximum absolute atomic E-state index is 12.3. The Morgan fingerprint density at radius 3 is 2.36 bits per heavy atom. The lowest BCUT2D eigenvalue weighted by atomic mass is 10.0. The van der Waals surface area contributed by atoms with Gasteiger partial charge in [0.2, 0.25) is 0 Å². The molecule has 0 aliphatic carbocycles. The smallest absolute Gasteiger partial charge is 0.251 e. The number of benzene rings is 1. The zero-order chi connectivity index (χ0) is 17.7. The van der Waals surface area contributed by atoms with Gasteiger partial charge in [-0.2, -0.15) is 0 Å². The molecule has 1 heterocycles. The zero-order valence-electron chi connectivity index (χ0n) is 16.0. The second-order valence-electron chi connectivity index (χ2n) is 7.44. The number of aryl methyl sites for hydroxylation is 1. The van der Waals surface area contributed by atoms with Crippen molar-refractivity contribution in [3.05, 3.63) is 35.4 Å². The van der Waals surface area contributed by atoms with Crippen molar-refractivity contribution in [2.75, 3.05) is 13.1 Å². The van der Waals surface area contributed by atoms with Gasteiger partial charge in [0, 0.05) is 18.2 Å². The van der Waals surface area contributed by atoms with E-state index in [1.165, 1.54) is 56.9 Å². The molecule has 0 spiro atoms. The van der Waals surface area contributed by atoms with E-state index in [9.17, 15) is 4.79 Å². The lowest BCUT2D eigenvalue weighted by molar-refractivity contribution is 0.0930. The number of carbonyl (C=O) groups excluding carboxylic acids is 1. The molecule has 1 aliphatic heterocycles.